The Kier molecular flexibility index (Phi) is 3.31. The first-order valence-electron chi connectivity index (χ1n) is 6.77. The number of likely N-dealkylation sites (tertiary alicyclic amines) is 1. The van der Waals surface area contributed by atoms with Crippen LogP contribution < -0.4 is 0 Å². The third-order valence-electron chi connectivity index (χ3n) is 4.22. The predicted molar refractivity (Wildman–Crippen MR) is 72.5 cm³/mol. The molecule has 1 aromatic carbocycles. The van der Waals surface area contributed by atoms with Crippen molar-refractivity contribution in [2.45, 2.75) is 32.2 Å². The monoisotopic (exact) mass is 277 g/mol. The van der Waals surface area contributed by atoms with Gasteiger partial charge in [-0.15, -0.1) is 0 Å². The molecule has 1 aliphatic heterocycles. The summed E-state index contributed by atoms with van der Waals surface area (Å²) in [7, 11) is 0. The van der Waals surface area contributed by atoms with E-state index in [0.717, 1.165) is 31.2 Å². The van der Waals surface area contributed by atoms with E-state index in [1.54, 1.807) is 6.07 Å². The average Bonchev–Trinajstić information content (AvgIpc) is 2.67. The lowest BCUT2D eigenvalue weighted by Gasteiger charge is -2.19. The fraction of sp³-hybridized carbons (Fsp3) is 0.467. The van der Waals surface area contributed by atoms with Gasteiger partial charge in [0.05, 0.1) is 18.4 Å². The van der Waals surface area contributed by atoms with E-state index in [1.807, 2.05) is 18.2 Å². The number of hydrogen-bond donors (Lipinski definition) is 0. The van der Waals surface area contributed by atoms with Crippen LogP contribution in [0.5, 0.6) is 0 Å². The van der Waals surface area contributed by atoms with Crippen LogP contribution in [-0.4, -0.2) is 16.7 Å². The molecule has 0 N–H and O–H groups in total. The lowest BCUT2D eigenvalue weighted by molar-refractivity contribution is -0.140. The van der Waals surface area contributed by atoms with Gasteiger partial charge in [-0.1, -0.05) is 42.6 Å². The molecule has 2 fully saturated rings. The molecule has 2 aliphatic rings. The first-order valence-corrected chi connectivity index (χ1v) is 7.15. The quantitative estimate of drug-likeness (QED) is 0.779. The van der Waals surface area contributed by atoms with Gasteiger partial charge in [0.25, 0.3) is 0 Å². The van der Waals surface area contributed by atoms with Crippen molar-refractivity contribution >= 4 is 23.4 Å². The number of halogens is 1. The summed E-state index contributed by atoms with van der Waals surface area (Å²) in [6.45, 7) is 0.310. The van der Waals surface area contributed by atoms with Crippen molar-refractivity contribution in [3.63, 3.8) is 0 Å². The number of carbonyl (C=O) groups excluding carboxylic acids is 2. The van der Waals surface area contributed by atoms with Crippen LogP contribution in [0.3, 0.4) is 0 Å². The van der Waals surface area contributed by atoms with E-state index < -0.39 is 0 Å². The SMILES string of the molecule is O=C1C2CCCCC2C(=O)N1Cc1ccccc1Cl. The molecule has 2 unspecified atom stereocenters. The third-order valence-corrected chi connectivity index (χ3v) is 4.59. The van der Waals surface area contributed by atoms with Crippen LogP contribution in [0.2, 0.25) is 5.02 Å². The zero-order valence-corrected chi connectivity index (χ0v) is 11.4. The summed E-state index contributed by atoms with van der Waals surface area (Å²) in [5.74, 6) is -0.170. The molecule has 1 saturated carbocycles. The fourth-order valence-electron chi connectivity index (χ4n) is 3.18. The van der Waals surface area contributed by atoms with E-state index in [9.17, 15) is 9.59 Å². The van der Waals surface area contributed by atoms with Gasteiger partial charge < -0.3 is 0 Å². The van der Waals surface area contributed by atoms with Crippen molar-refractivity contribution in [3.8, 4) is 0 Å². The number of benzene rings is 1. The Morgan fingerprint density at radius 2 is 1.63 bits per heavy atom. The van der Waals surface area contributed by atoms with E-state index in [1.165, 1.54) is 4.90 Å². The lowest BCUT2D eigenvalue weighted by atomic mass is 9.81. The first-order chi connectivity index (χ1) is 9.18. The summed E-state index contributed by atoms with van der Waals surface area (Å²) in [6, 6.07) is 7.37. The highest BCUT2D eigenvalue weighted by molar-refractivity contribution is 6.31. The van der Waals surface area contributed by atoms with Crippen molar-refractivity contribution in [2.24, 2.45) is 11.8 Å². The summed E-state index contributed by atoms with van der Waals surface area (Å²) in [5.41, 5.74) is 0.838. The van der Waals surface area contributed by atoms with Crippen molar-refractivity contribution in [2.75, 3.05) is 0 Å². The Hall–Kier alpha value is -1.35. The van der Waals surface area contributed by atoms with Gasteiger partial charge >= 0.3 is 0 Å². The molecule has 3 nitrogen and oxygen atoms in total. The summed E-state index contributed by atoms with van der Waals surface area (Å²) in [4.78, 5) is 26.1. The van der Waals surface area contributed by atoms with E-state index in [0.29, 0.717) is 11.6 Å². The van der Waals surface area contributed by atoms with Gasteiger partial charge in [-0.3, -0.25) is 14.5 Å². The molecule has 1 aliphatic carbocycles. The zero-order valence-electron chi connectivity index (χ0n) is 10.6. The van der Waals surface area contributed by atoms with Crippen LogP contribution in [0.15, 0.2) is 24.3 Å². The molecule has 0 aromatic heterocycles. The standard InChI is InChI=1S/C15H16ClNO2/c16-13-8-4-1-5-10(13)9-17-14(18)11-6-2-3-7-12(11)15(17)19/h1,4-5,8,11-12H,2-3,6-7,9H2. The van der Waals surface area contributed by atoms with E-state index in [-0.39, 0.29) is 23.7 Å². The van der Waals surface area contributed by atoms with Gasteiger partial charge in [-0.25, -0.2) is 0 Å². The molecule has 2 amide bonds. The summed E-state index contributed by atoms with van der Waals surface area (Å²) in [5, 5.41) is 0.609. The van der Waals surface area contributed by atoms with Crippen molar-refractivity contribution in [1.82, 2.24) is 4.90 Å². The lowest BCUT2D eigenvalue weighted by Crippen LogP contribution is -2.30. The molecular formula is C15H16ClNO2. The van der Waals surface area contributed by atoms with E-state index in [4.69, 9.17) is 11.6 Å². The Bertz CT molecular complexity index is 505. The third kappa shape index (κ3) is 2.16. The van der Waals surface area contributed by atoms with Crippen LogP contribution in [0, 0.1) is 11.8 Å². The van der Waals surface area contributed by atoms with E-state index in [2.05, 4.69) is 0 Å². The molecule has 3 rings (SSSR count). The number of amides is 2. The molecule has 4 heteroatoms. The Morgan fingerprint density at radius 3 is 2.21 bits per heavy atom. The Balaban J connectivity index is 1.83. The highest BCUT2D eigenvalue weighted by atomic mass is 35.5. The predicted octanol–water partition coefficient (Wildman–Crippen LogP) is 3.02. The first kappa shape index (κ1) is 12.7. The van der Waals surface area contributed by atoms with Gasteiger partial charge in [0, 0.05) is 5.02 Å². The highest BCUT2D eigenvalue weighted by Gasteiger charge is 2.47. The summed E-state index contributed by atoms with van der Waals surface area (Å²) in [6.07, 6.45) is 3.82. The van der Waals surface area contributed by atoms with Crippen molar-refractivity contribution in [3.05, 3.63) is 34.9 Å². The van der Waals surface area contributed by atoms with Crippen LogP contribution in [0.1, 0.15) is 31.2 Å². The number of hydrogen-bond acceptors (Lipinski definition) is 2. The molecule has 0 radical (unpaired) electrons. The van der Waals surface area contributed by atoms with Gasteiger partial charge in [0.1, 0.15) is 0 Å². The number of nitrogens with zero attached hydrogens (tertiary/aromatic N) is 1. The smallest absolute Gasteiger partial charge is 0.233 e. The highest BCUT2D eigenvalue weighted by Crippen LogP contribution is 2.38. The van der Waals surface area contributed by atoms with Crippen molar-refractivity contribution in [1.29, 1.82) is 0 Å². The topological polar surface area (TPSA) is 37.4 Å². The summed E-state index contributed by atoms with van der Waals surface area (Å²) < 4.78 is 0. The second-order valence-electron chi connectivity index (χ2n) is 5.35. The minimum absolute atomic E-state index is 0.00498. The molecule has 0 spiro atoms. The maximum absolute atomic E-state index is 12.3. The van der Waals surface area contributed by atoms with Crippen LogP contribution >= 0.6 is 11.6 Å². The maximum Gasteiger partial charge on any atom is 0.233 e. The Labute approximate surface area is 117 Å². The number of carbonyl (C=O) groups is 2. The molecule has 1 saturated heterocycles. The molecule has 1 heterocycles. The Morgan fingerprint density at radius 1 is 1.05 bits per heavy atom. The van der Waals surface area contributed by atoms with Gasteiger partial charge in [0.2, 0.25) is 11.8 Å². The van der Waals surface area contributed by atoms with Gasteiger partial charge in [-0.05, 0) is 24.5 Å². The second-order valence-corrected chi connectivity index (χ2v) is 5.76. The zero-order chi connectivity index (χ0) is 13.4. The maximum atomic E-state index is 12.3. The minimum Gasteiger partial charge on any atom is -0.278 e. The second kappa shape index (κ2) is 4.97. The molecule has 2 atom stereocenters. The van der Waals surface area contributed by atoms with Crippen molar-refractivity contribution < 1.29 is 9.59 Å². The van der Waals surface area contributed by atoms with Crippen LogP contribution in [-0.2, 0) is 16.1 Å². The largest absolute Gasteiger partial charge is 0.278 e. The number of fused-ring (bicyclic) bond motifs is 1. The molecule has 19 heavy (non-hydrogen) atoms. The average molecular weight is 278 g/mol. The normalized spacial score (nSPS) is 26.7. The van der Waals surface area contributed by atoms with E-state index >= 15 is 0 Å². The minimum atomic E-state index is -0.0799. The number of rotatable bonds is 2. The molecular weight excluding hydrogens is 262 g/mol. The van der Waals surface area contributed by atoms with Gasteiger partial charge in [-0.2, -0.15) is 0 Å². The van der Waals surface area contributed by atoms with Crippen LogP contribution in [0.25, 0.3) is 0 Å². The van der Waals surface area contributed by atoms with Crippen LogP contribution in [0.4, 0.5) is 0 Å². The molecule has 100 valence electrons. The number of imide groups is 1. The fourth-order valence-corrected chi connectivity index (χ4v) is 3.38. The molecule has 0 bridgehead atoms. The summed E-state index contributed by atoms with van der Waals surface area (Å²) >= 11 is 6.10. The molecule has 1 aromatic rings. The van der Waals surface area contributed by atoms with Gasteiger partial charge in [0.15, 0.2) is 0 Å².